The van der Waals surface area contributed by atoms with E-state index < -0.39 is 33.5 Å². The van der Waals surface area contributed by atoms with E-state index in [0.29, 0.717) is 56.1 Å². The summed E-state index contributed by atoms with van der Waals surface area (Å²) in [5.41, 5.74) is 1.03. The van der Waals surface area contributed by atoms with E-state index in [1.807, 2.05) is 25.5 Å². The van der Waals surface area contributed by atoms with Crippen molar-refractivity contribution in [3.63, 3.8) is 0 Å². The number of alkyl carbamates (subject to hydrolysis) is 1. The number of likely N-dealkylation sites (tertiary alicyclic amines) is 1. The Kier molecular flexibility index (Phi) is 12.1. The summed E-state index contributed by atoms with van der Waals surface area (Å²) in [5, 5.41) is 7.82. The second-order valence-corrected chi connectivity index (χ2v) is 16.9. The number of piperidine rings is 1. The third kappa shape index (κ3) is 10.1. The largest absolute Gasteiger partial charge is 0.444 e. The van der Waals surface area contributed by atoms with Gasteiger partial charge < -0.3 is 24.6 Å². The molecular formula is C33H47F3N6O6S2. The van der Waals surface area contributed by atoms with Crippen molar-refractivity contribution in [2.24, 2.45) is 0 Å². The molecule has 5 rings (SSSR count). The molecule has 2 fully saturated rings. The molecule has 50 heavy (non-hydrogen) atoms. The number of hydrogen-bond acceptors (Lipinski definition) is 9. The second kappa shape index (κ2) is 15.8. The van der Waals surface area contributed by atoms with Crippen LogP contribution in [-0.2, 0) is 50.0 Å². The monoisotopic (exact) mass is 744 g/mol. The molecule has 0 bridgehead atoms. The molecule has 2 amide bonds. The summed E-state index contributed by atoms with van der Waals surface area (Å²) >= 11 is 0.840. The molecule has 0 spiro atoms. The first kappa shape index (κ1) is 38.4. The van der Waals surface area contributed by atoms with Gasteiger partial charge in [0.25, 0.3) is 0 Å². The predicted molar refractivity (Wildman–Crippen MR) is 183 cm³/mol. The Morgan fingerprint density at radius 2 is 1.76 bits per heavy atom. The Morgan fingerprint density at radius 3 is 2.40 bits per heavy atom. The van der Waals surface area contributed by atoms with Gasteiger partial charge in [0.2, 0.25) is 15.9 Å². The van der Waals surface area contributed by atoms with Crippen molar-refractivity contribution in [1.29, 1.82) is 0 Å². The molecule has 0 unspecified atom stereocenters. The van der Waals surface area contributed by atoms with Crippen molar-refractivity contribution in [3.05, 3.63) is 35.0 Å². The summed E-state index contributed by atoms with van der Waals surface area (Å²) in [7, 11) is -3.52. The predicted octanol–water partition coefficient (Wildman–Crippen LogP) is 4.22. The number of amides is 2. The molecule has 17 heteroatoms. The molecule has 0 aliphatic carbocycles. The highest BCUT2D eigenvalue weighted by Gasteiger charge is 2.35. The lowest BCUT2D eigenvalue weighted by atomic mass is 10.0. The number of ether oxygens (including phenoxy) is 2. The van der Waals surface area contributed by atoms with Crippen LogP contribution in [0.2, 0.25) is 0 Å². The number of carbonyl (C=O) groups excluding carboxylic acids is 2. The quantitative estimate of drug-likeness (QED) is 0.356. The molecule has 3 aliphatic heterocycles. The first-order chi connectivity index (χ1) is 23.5. The van der Waals surface area contributed by atoms with Gasteiger partial charge in [-0.1, -0.05) is 6.07 Å². The first-order valence-corrected chi connectivity index (χ1v) is 19.8. The molecule has 1 aromatic heterocycles. The molecule has 2 saturated heterocycles. The zero-order valence-corrected chi connectivity index (χ0v) is 30.7. The van der Waals surface area contributed by atoms with Gasteiger partial charge in [0.15, 0.2) is 0 Å². The number of benzene rings is 1. The minimum Gasteiger partial charge on any atom is -0.444 e. The molecule has 0 saturated carbocycles. The Labute approximate surface area is 296 Å². The summed E-state index contributed by atoms with van der Waals surface area (Å²) in [6, 6.07) is 3.85. The molecule has 1 N–H and O–H groups in total. The van der Waals surface area contributed by atoms with Crippen molar-refractivity contribution in [2.45, 2.75) is 82.3 Å². The summed E-state index contributed by atoms with van der Waals surface area (Å²) in [6.07, 6.45) is -1.12. The van der Waals surface area contributed by atoms with Crippen LogP contribution in [0.15, 0.2) is 23.1 Å². The van der Waals surface area contributed by atoms with Crippen LogP contribution in [0.25, 0.3) is 11.3 Å². The number of aromatic nitrogens is 2. The van der Waals surface area contributed by atoms with Gasteiger partial charge in [-0.2, -0.15) is 22.6 Å². The van der Waals surface area contributed by atoms with Crippen LogP contribution < -0.4 is 5.32 Å². The number of alkyl halides is 3. The van der Waals surface area contributed by atoms with E-state index in [1.54, 1.807) is 4.90 Å². The maximum atomic E-state index is 14.1. The van der Waals surface area contributed by atoms with E-state index in [2.05, 4.69) is 10.2 Å². The number of fused-ring (bicyclic) bond motifs is 1. The maximum absolute atomic E-state index is 14.1. The topological polar surface area (TPSA) is 126 Å². The highest BCUT2D eigenvalue weighted by Crippen LogP contribution is 2.40. The van der Waals surface area contributed by atoms with Crippen LogP contribution in [0.4, 0.5) is 18.0 Å². The molecule has 278 valence electrons. The van der Waals surface area contributed by atoms with Crippen LogP contribution in [0.5, 0.6) is 0 Å². The van der Waals surface area contributed by atoms with Crippen molar-refractivity contribution in [1.82, 2.24) is 29.2 Å². The van der Waals surface area contributed by atoms with Crippen molar-refractivity contribution < 1.29 is 40.7 Å². The van der Waals surface area contributed by atoms with Gasteiger partial charge in [-0.3, -0.25) is 9.48 Å². The third-order valence-electron chi connectivity index (χ3n) is 9.00. The zero-order valence-electron chi connectivity index (χ0n) is 29.1. The summed E-state index contributed by atoms with van der Waals surface area (Å²) in [6.45, 7) is 10.4. The van der Waals surface area contributed by atoms with Gasteiger partial charge in [0, 0.05) is 80.0 Å². The van der Waals surface area contributed by atoms with Crippen molar-refractivity contribution in [2.75, 3.05) is 64.5 Å². The van der Waals surface area contributed by atoms with E-state index in [4.69, 9.17) is 14.6 Å². The van der Waals surface area contributed by atoms with Crippen LogP contribution >= 0.6 is 11.8 Å². The Hall–Kier alpha value is -2.86. The SMILES string of the molecule is CC(C)(C)OC(=O)NC1CCN(CCCn2nc(-c3ccc(C(F)(F)F)c(SCC(=O)N4CCOCC4)c3)c3c2CCN(S(C)(=O)=O)C3)CC1. The summed E-state index contributed by atoms with van der Waals surface area (Å²) < 4.78 is 81.2. The third-order valence-corrected chi connectivity index (χ3v) is 11.3. The van der Waals surface area contributed by atoms with Crippen LogP contribution in [0.3, 0.4) is 0 Å². The minimum absolute atomic E-state index is 0.0452. The number of carbonyl (C=O) groups is 2. The number of hydrogen-bond donors (Lipinski definition) is 1. The molecule has 4 heterocycles. The number of sulfonamides is 1. The summed E-state index contributed by atoms with van der Waals surface area (Å²) in [4.78, 5) is 28.8. The molecular weight excluding hydrogens is 698 g/mol. The van der Waals surface area contributed by atoms with Crippen LogP contribution in [0.1, 0.15) is 56.9 Å². The number of nitrogens with one attached hydrogen (secondary N) is 1. The Morgan fingerprint density at radius 1 is 1.06 bits per heavy atom. The molecule has 0 radical (unpaired) electrons. The molecule has 2 aromatic rings. The molecule has 0 atom stereocenters. The van der Waals surface area contributed by atoms with Gasteiger partial charge in [-0.15, -0.1) is 11.8 Å². The fourth-order valence-electron chi connectivity index (χ4n) is 6.45. The lowest BCUT2D eigenvalue weighted by Gasteiger charge is -2.32. The lowest BCUT2D eigenvalue weighted by molar-refractivity contribution is -0.139. The number of thioether (sulfide) groups is 1. The first-order valence-electron chi connectivity index (χ1n) is 16.9. The Balaban J connectivity index is 1.31. The van der Waals surface area contributed by atoms with Crippen molar-refractivity contribution >= 4 is 33.8 Å². The minimum atomic E-state index is -4.63. The number of aryl methyl sites for hydroxylation is 1. The standard InChI is InChI=1S/C33H47F3N6O6S2/c1-32(2,3)48-31(44)37-24-8-13-39(14-9-24)11-5-12-42-27-10-15-41(50(4,45)46)21-25(27)30(38-42)23-6-7-26(33(34,35)36)28(20-23)49-22-29(43)40-16-18-47-19-17-40/h6-7,20,24H,5,8-19,21-22H2,1-4H3,(H,37,44). The highest BCUT2D eigenvalue weighted by molar-refractivity contribution is 8.00. The van der Waals surface area contributed by atoms with E-state index in [0.717, 1.165) is 68.7 Å². The van der Waals surface area contributed by atoms with Gasteiger partial charge in [0.05, 0.1) is 36.5 Å². The van der Waals surface area contributed by atoms with Crippen LogP contribution in [0, 0.1) is 0 Å². The number of rotatable bonds is 10. The number of morpholine rings is 1. The summed E-state index contributed by atoms with van der Waals surface area (Å²) in [5.74, 6) is -0.416. The fourth-order valence-corrected chi connectivity index (χ4v) is 8.25. The second-order valence-electron chi connectivity index (χ2n) is 13.9. The fraction of sp³-hybridized carbons (Fsp3) is 0.667. The van der Waals surface area contributed by atoms with E-state index in [9.17, 15) is 31.2 Å². The normalized spacial score (nSPS) is 18.6. The van der Waals surface area contributed by atoms with Gasteiger partial charge in [0.1, 0.15) is 5.60 Å². The van der Waals surface area contributed by atoms with Crippen LogP contribution in [-0.4, -0.2) is 120 Å². The maximum Gasteiger partial charge on any atom is 0.417 e. The van der Waals surface area contributed by atoms with Gasteiger partial charge >= 0.3 is 12.3 Å². The van der Waals surface area contributed by atoms with E-state index in [-0.39, 0.29) is 35.7 Å². The highest BCUT2D eigenvalue weighted by atomic mass is 32.2. The molecule has 12 nitrogen and oxygen atoms in total. The number of halogens is 3. The van der Waals surface area contributed by atoms with Gasteiger partial charge in [-0.25, -0.2) is 13.2 Å². The zero-order chi connectivity index (χ0) is 36.3. The number of nitrogens with zero attached hydrogens (tertiary/aromatic N) is 5. The molecule has 3 aliphatic rings. The van der Waals surface area contributed by atoms with Gasteiger partial charge in [-0.05, 0) is 58.7 Å². The molecule has 1 aromatic carbocycles. The smallest absolute Gasteiger partial charge is 0.417 e. The average molecular weight is 745 g/mol. The van der Waals surface area contributed by atoms with E-state index >= 15 is 0 Å². The van der Waals surface area contributed by atoms with Crippen molar-refractivity contribution in [3.8, 4) is 11.3 Å². The Bertz CT molecular complexity index is 1630. The lowest BCUT2D eigenvalue weighted by Crippen LogP contribution is -2.46. The average Bonchev–Trinajstić information content (AvgIpc) is 3.41. The van der Waals surface area contributed by atoms with E-state index in [1.165, 1.54) is 16.4 Å².